The van der Waals surface area contributed by atoms with E-state index in [4.69, 9.17) is 22.3 Å². The van der Waals surface area contributed by atoms with Crippen LogP contribution in [0.1, 0.15) is 11.1 Å². The minimum absolute atomic E-state index is 0.499. The van der Waals surface area contributed by atoms with Crippen LogP contribution in [0.2, 0.25) is 0 Å². The van der Waals surface area contributed by atoms with Gasteiger partial charge >= 0.3 is 0 Å². The van der Waals surface area contributed by atoms with Gasteiger partial charge in [-0.1, -0.05) is 82.0 Å². The Kier molecular flexibility index (Phi) is 4.11. The molecule has 2 aromatic rings. The van der Waals surface area contributed by atoms with Crippen LogP contribution in [-0.4, -0.2) is 4.86 Å². The van der Waals surface area contributed by atoms with Crippen molar-refractivity contribution in [1.29, 1.82) is 0 Å². The Balaban J connectivity index is 2.14. The van der Waals surface area contributed by atoms with E-state index in [1.165, 1.54) is 0 Å². The molecule has 1 atom stereocenters. The second kappa shape index (κ2) is 6.01. The van der Waals surface area contributed by atoms with E-state index in [2.05, 4.69) is 24.3 Å². The van der Waals surface area contributed by atoms with Gasteiger partial charge in [-0.15, -0.1) is 0 Å². The third-order valence-electron chi connectivity index (χ3n) is 3.04. The number of allylic oxidation sites excluding steroid dienone is 3. The summed E-state index contributed by atoms with van der Waals surface area (Å²) < 4.78 is 0. The molecule has 1 unspecified atom stereocenters. The van der Waals surface area contributed by atoms with Crippen LogP contribution in [0.3, 0.4) is 0 Å². The van der Waals surface area contributed by atoms with Crippen molar-refractivity contribution in [3.8, 4) is 0 Å². The maximum atomic E-state index is 6.70. The standard InChI is InChI=1S/C17H12Cl2S/c18-15-11-16(13-7-3-1-4-8-13)20(19)17(12-15)14-9-5-2-6-10-14/h1-12H. The first-order valence-corrected chi connectivity index (χ1v) is 8.66. The van der Waals surface area contributed by atoms with Crippen molar-refractivity contribution in [3.05, 3.63) is 89.0 Å². The van der Waals surface area contributed by atoms with E-state index in [1.54, 1.807) is 0 Å². The van der Waals surface area contributed by atoms with E-state index in [9.17, 15) is 0 Å². The zero-order chi connectivity index (χ0) is 13.9. The fraction of sp³-hybridized carbons (Fsp3) is 0. The van der Waals surface area contributed by atoms with Crippen LogP contribution in [-0.2, 0) is 0 Å². The van der Waals surface area contributed by atoms with Crippen LogP contribution in [0, 0.1) is 0 Å². The largest absolute Gasteiger partial charge is 0.0843 e. The first kappa shape index (κ1) is 13.7. The van der Waals surface area contributed by atoms with Crippen molar-refractivity contribution < 1.29 is 0 Å². The van der Waals surface area contributed by atoms with Gasteiger partial charge in [0.15, 0.2) is 0 Å². The number of benzene rings is 2. The average Bonchev–Trinajstić information content (AvgIpc) is 2.51. The number of halogens is 2. The van der Waals surface area contributed by atoms with Crippen LogP contribution >= 0.6 is 32.0 Å². The zero-order valence-electron chi connectivity index (χ0n) is 10.6. The van der Waals surface area contributed by atoms with Gasteiger partial charge in [-0.3, -0.25) is 0 Å². The predicted molar refractivity (Wildman–Crippen MR) is 92.4 cm³/mol. The van der Waals surface area contributed by atoms with Gasteiger partial charge in [-0.2, -0.15) is 0 Å². The molecule has 0 fully saturated rings. The van der Waals surface area contributed by atoms with E-state index < -0.39 is 9.70 Å². The molecule has 2 aromatic carbocycles. The summed E-state index contributed by atoms with van der Waals surface area (Å²) in [6, 6.07) is 20.3. The molecular weight excluding hydrogens is 307 g/mol. The van der Waals surface area contributed by atoms with Crippen molar-refractivity contribution >= 4 is 41.8 Å². The molecular formula is C17H12Cl2S. The lowest BCUT2D eigenvalue weighted by atomic mass is 10.1. The van der Waals surface area contributed by atoms with E-state index in [0.29, 0.717) is 5.03 Å². The topological polar surface area (TPSA) is 0 Å². The maximum Gasteiger partial charge on any atom is 0.0429 e. The van der Waals surface area contributed by atoms with Gasteiger partial charge in [0.1, 0.15) is 0 Å². The Morgan fingerprint density at radius 1 is 0.700 bits per heavy atom. The van der Waals surface area contributed by atoms with Crippen LogP contribution in [0.5, 0.6) is 0 Å². The molecule has 0 amide bonds. The lowest BCUT2D eigenvalue weighted by Gasteiger charge is -2.17. The second-order valence-corrected chi connectivity index (χ2v) is 7.15. The van der Waals surface area contributed by atoms with Crippen LogP contribution in [0.15, 0.2) is 77.8 Å². The summed E-state index contributed by atoms with van der Waals surface area (Å²) in [5.74, 6) is 0. The molecule has 1 aliphatic rings. The first-order chi connectivity index (χ1) is 9.75. The Labute approximate surface area is 130 Å². The molecule has 0 radical (unpaired) electrons. The highest BCUT2D eigenvalue weighted by molar-refractivity contribution is 8.42. The van der Waals surface area contributed by atoms with Crippen molar-refractivity contribution in [2.24, 2.45) is 0 Å². The van der Waals surface area contributed by atoms with Gasteiger partial charge < -0.3 is 0 Å². The molecule has 0 spiro atoms. The number of hydrogen-bond donors (Lipinski definition) is 0. The van der Waals surface area contributed by atoms with Crippen molar-refractivity contribution in [1.82, 2.24) is 0 Å². The molecule has 1 aliphatic heterocycles. The minimum Gasteiger partial charge on any atom is -0.0843 e. The van der Waals surface area contributed by atoms with Crippen molar-refractivity contribution in [2.45, 2.75) is 0 Å². The van der Waals surface area contributed by atoms with Gasteiger partial charge in [0.25, 0.3) is 0 Å². The Morgan fingerprint density at radius 3 is 1.85 bits per heavy atom. The SMILES string of the molecule is ClC1=CC(c2ccccc2)=S(Cl)C(c2ccccc2)=C1. The molecule has 0 aliphatic carbocycles. The Hall–Kier alpha value is -1.28. The van der Waals surface area contributed by atoms with Crippen molar-refractivity contribution in [3.63, 3.8) is 0 Å². The van der Waals surface area contributed by atoms with Gasteiger partial charge in [0.05, 0.1) is 0 Å². The molecule has 0 N–H and O–H groups in total. The normalized spacial score (nSPS) is 18.5. The van der Waals surface area contributed by atoms with Crippen molar-refractivity contribution in [2.75, 3.05) is 0 Å². The summed E-state index contributed by atoms with van der Waals surface area (Å²) in [6.07, 6.45) is 3.92. The summed E-state index contributed by atoms with van der Waals surface area (Å²) >= 11 is 6.28. The van der Waals surface area contributed by atoms with Crippen LogP contribution < -0.4 is 0 Å². The number of rotatable bonds is 2. The molecule has 0 bridgehead atoms. The summed E-state index contributed by atoms with van der Waals surface area (Å²) in [5, 5.41) is 0.715. The van der Waals surface area contributed by atoms with E-state index in [0.717, 1.165) is 20.9 Å². The van der Waals surface area contributed by atoms with Crippen LogP contribution in [0.4, 0.5) is 0 Å². The van der Waals surface area contributed by atoms with Gasteiger partial charge in [-0.25, -0.2) is 0 Å². The van der Waals surface area contributed by atoms with E-state index in [1.807, 2.05) is 48.6 Å². The molecule has 1 heterocycles. The summed E-state index contributed by atoms with van der Waals surface area (Å²) in [6.45, 7) is 0. The molecule has 100 valence electrons. The maximum absolute atomic E-state index is 6.70. The summed E-state index contributed by atoms with van der Waals surface area (Å²) in [7, 11) is 6.20. The summed E-state index contributed by atoms with van der Waals surface area (Å²) in [4.78, 5) is 2.14. The average molecular weight is 319 g/mol. The summed E-state index contributed by atoms with van der Waals surface area (Å²) in [5.41, 5.74) is 2.23. The smallest absolute Gasteiger partial charge is 0.0429 e. The lowest BCUT2D eigenvalue weighted by molar-refractivity contribution is 1.64. The van der Waals surface area contributed by atoms with E-state index in [-0.39, 0.29) is 0 Å². The molecule has 3 heteroatoms. The monoisotopic (exact) mass is 318 g/mol. The lowest BCUT2D eigenvalue weighted by Crippen LogP contribution is -2.00. The van der Waals surface area contributed by atoms with Gasteiger partial charge in [0.2, 0.25) is 0 Å². The second-order valence-electron chi connectivity index (χ2n) is 4.39. The third-order valence-corrected chi connectivity index (χ3v) is 5.74. The molecule has 3 rings (SSSR count). The fourth-order valence-corrected chi connectivity index (χ4v) is 4.63. The highest BCUT2D eigenvalue weighted by atomic mass is 35.7. The highest BCUT2D eigenvalue weighted by Crippen LogP contribution is 2.44. The Bertz CT molecular complexity index is 713. The quantitative estimate of drug-likeness (QED) is 0.613. The Morgan fingerprint density at radius 2 is 1.25 bits per heavy atom. The molecule has 0 aromatic heterocycles. The van der Waals surface area contributed by atoms with Gasteiger partial charge in [-0.05, 0) is 34.0 Å². The number of hydrogen-bond acceptors (Lipinski definition) is 0. The fourth-order valence-electron chi connectivity index (χ4n) is 2.09. The minimum atomic E-state index is -0.499. The van der Waals surface area contributed by atoms with Gasteiger partial charge in [0, 0.05) is 14.8 Å². The molecule has 0 nitrogen and oxygen atoms in total. The predicted octanol–water partition coefficient (Wildman–Crippen LogP) is 5.81. The third kappa shape index (κ3) is 2.76. The molecule has 20 heavy (non-hydrogen) atoms. The highest BCUT2D eigenvalue weighted by Gasteiger charge is 2.15. The molecule has 0 saturated heterocycles. The molecule has 0 saturated carbocycles. The first-order valence-electron chi connectivity index (χ1n) is 6.23. The van der Waals surface area contributed by atoms with Crippen LogP contribution in [0.25, 0.3) is 4.91 Å². The van der Waals surface area contributed by atoms with E-state index >= 15 is 0 Å². The zero-order valence-corrected chi connectivity index (χ0v) is 12.9.